The van der Waals surface area contributed by atoms with Crippen LogP contribution >= 0.6 is 0 Å². The zero-order chi connectivity index (χ0) is 13.7. The van der Waals surface area contributed by atoms with Gasteiger partial charge in [-0.25, -0.2) is 0 Å². The first-order valence-electron chi connectivity index (χ1n) is 7.18. The molecular formula is C14H17N3O3. The van der Waals surface area contributed by atoms with Crippen LogP contribution in [0.5, 0.6) is 5.75 Å². The molecule has 3 saturated heterocycles. The molecular weight excluding hydrogens is 258 g/mol. The van der Waals surface area contributed by atoms with E-state index in [1.165, 1.54) is 31.6 Å². The fraction of sp³-hybridized carbons (Fsp3) is 0.643. The summed E-state index contributed by atoms with van der Waals surface area (Å²) in [7, 11) is 0. The molecule has 4 fully saturated rings. The summed E-state index contributed by atoms with van der Waals surface area (Å²) in [5.41, 5.74) is 0. The minimum atomic E-state index is -0.486. The second-order valence-electron chi connectivity index (χ2n) is 6.27. The molecule has 0 aromatic carbocycles. The predicted molar refractivity (Wildman–Crippen MR) is 71.5 cm³/mol. The van der Waals surface area contributed by atoms with Gasteiger partial charge in [0.05, 0.1) is 0 Å². The molecule has 0 amide bonds. The van der Waals surface area contributed by atoms with Gasteiger partial charge in [-0.2, -0.15) is 0 Å². The Bertz CT molecular complexity index is 503. The quantitative estimate of drug-likeness (QED) is 0.620. The molecule has 4 aliphatic rings. The van der Waals surface area contributed by atoms with Gasteiger partial charge < -0.3 is 19.8 Å². The Morgan fingerprint density at radius 3 is 2.55 bits per heavy atom. The Balaban J connectivity index is 1.50. The van der Waals surface area contributed by atoms with Gasteiger partial charge in [-0.1, -0.05) is 0 Å². The Labute approximate surface area is 116 Å². The van der Waals surface area contributed by atoms with Gasteiger partial charge in [0, 0.05) is 37.5 Å². The number of pyridine rings is 1. The number of ether oxygens (including phenoxy) is 1. The number of piperidine rings is 3. The Morgan fingerprint density at radius 1 is 1.25 bits per heavy atom. The normalized spacial score (nSPS) is 37.9. The van der Waals surface area contributed by atoms with E-state index in [2.05, 4.69) is 9.88 Å². The Hall–Kier alpha value is -1.69. The zero-order valence-electron chi connectivity index (χ0n) is 11.1. The molecule has 4 heterocycles. The highest BCUT2D eigenvalue weighted by Crippen LogP contribution is 2.44. The van der Waals surface area contributed by atoms with Crippen LogP contribution in [0.25, 0.3) is 0 Å². The number of nitrogens with zero attached hydrogens (tertiary/aromatic N) is 3. The Kier molecular flexibility index (Phi) is 2.66. The third-order valence-corrected chi connectivity index (χ3v) is 4.88. The monoisotopic (exact) mass is 275 g/mol. The molecule has 1 aromatic rings. The second-order valence-corrected chi connectivity index (χ2v) is 6.27. The van der Waals surface area contributed by atoms with Crippen LogP contribution in [0.3, 0.4) is 0 Å². The summed E-state index contributed by atoms with van der Waals surface area (Å²) in [6.07, 6.45) is 4.26. The summed E-state index contributed by atoms with van der Waals surface area (Å²) in [5.74, 6) is 2.59. The maximum atomic E-state index is 10.6. The van der Waals surface area contributed by atoms with E-state index in [9.17, 15) is 10.1 Å². The average Bonchev–Trinajstić information content (AvgIpc) is 2.42. The summed E-state index contributed by atoms with van der Waals surface area (Å²) in [6.45, 7) is 3.54. The van der Waals surface area contributed by atoms with Gasteiger partial charge in [0.1, 0.15) is 6.10 Å². The van der Waals surface area contributed by atoms with Crippen molar-refractivity contribution in [2.75, 3.05) is 19.6 Å². The van der Waals surface area contributed by atoms with Crippen molar-refractivity contribution in [3.05, 3.63) is 28.4 Å². The molecule has 0 radical (unpaired) electrons. The van der Waals surface area contributed by atoms with Crippen LogP contribution in [0.15, 0.2) is 18.3 Å². The maximum Gasteiger partial charge on any atom is 0.363 e. The minimum absolute atomic E-state index is 0.131. The molecule has 2 atom stereocenters. The van der Waals surface area contributed by atoms with Gasteiger partial charge in [0.25, 0.3) is 0 Å². The van der Waals surface area contributed by atoms with E-state index >= 15 is 0 Å². The first kappa shape index (κ1) is 12.1. The van der Waals surface area contributed by atoms with Gasteiger partial charge >= 0.3 is 5.82 Å². The highest BCUT2D eigenvalue weighted by atomic mass is 16.6. The standard InChI is InChI=1S/C14H17N3O3/c18-17(19)13-2-1-12(5-15-13)20-14-10-3-9-4-11(14)8-16(6-9)7-10/h1-2,5,9-11,14H,3-4,6-8H2. The second kappa shape index (κ2) is 4.41. The molecule has 106 valence electrons. The molecule has 2 unspecified atom stereocenters. The van der Waals surface area contributed by atoms with Crippen molar-refractivity contribution in [3.8, 4) is 5.75 Å². The molecule has 4 bridgehead atoms. The predicted octanol–water partition coefficient (Wildman–Crippen LogP) is 1.71. The van der Waals surface area contributed by atoms with Crippen molar-refractivity contribution in [2.45, 2.75) is 18.9 Å². The smallest absolute Gasteiger partial charge is 0.363 e. The number of nitro groups is 1. The largest absolute Gasteiger partial charge is 0.486 e. The van der Waals surface area contributed by atoms with Gasteiger partial charge in [-0.15, -0.1) is 0 Å². The fourth-order valence-corrected chi connectivity index (χ4v) is 4.26. The molecule has 5 rings (SSSR count). The number of aromatic nitrogens is 1. The maximum absolute atomic E-state index is 10.6. The van der Waals surface area contributed by atoms with E-state index in [0.717, 1.165) is 19.0 Å². The van der Waals surface area contributed by atoms with E-state index < -0.39 is 4.92 Å². The van der Waals surface area contributed by atoms with Crippen LogP contribution in [0.1, 0.15) is 12.8 Å². The lowest BCUT2D eigenvalue weighted by Crippen LogP contribution is -2.61. The lowest BCUT2D eigenvalue weighted by molar-refractivity contribution is -0.389. The van der Waals surface area contributed by atoms with Crippen molar-refractivity contribution in [2.24, 2.45) is 17.8 Å². The van der Waals surface area contributed by atoms with Crippen molar-refractivity contribution in [1.29, 1.82) is 0 Å². The zero-order valence-corrected chi connectivity index (χ0v) is 11.1. The molecule has 1 aromatic heterocycles. The molecule has 6 nitrogen and oxygen atoms in total. The molecule has 0 spiro atoms. The van der Waals surface area contributed by atoms with Crippen molar-refractivity contribution in [1.82, 2.24) is 9.88 Å². The van der Waals surface area contributed by atoms with Gasteiger partial charge in [-0.05, 0) is 34.7 Å². The fourth-order valence-electron chi connectivity index (χ4n) is 4.26. The van der Waals surface area contributed by atoms with Crippen LogP contribution < -0.4 is 4.74 Å². The number of rotatable bonds is 3. The molecule has 6 heteroatoms. The van der Waals surface area contributed by atoms with Crippen LogP contribution in [-0.2, 0) is 0 Å². The van der Waals surface area contributed by atoms with E-state index in [1.807, 2.05) is 0 Å². The van der Waals surface area contributed by atoms with Crippen molar-refractivity contribution < 1.29 is 9.66 Å². The summed E-state index contributed by atoms with van der Waals surface area (Å²) in [5, 5.41) is 10.6. The van der Waals surface area contributed by atoms with Gasteiger partial charge in [0.15, 0.2) is 11.9 Å². The lowest BCUT2D eigenvalue weighted by atomic mass is 9.66. The molecule has 1 saturated carbocycles. The van der Waals surface area contributed by atoms with Gasteiger partial charge in [0.2, 0.25) is 0 Å². The SMILES string of the molecule is O=[N+]([O-])c1ccc(OC2C3CC4CC2CN(C4)C3)cn1. The first-order valence-corrected chi connectivity index (χ1v) is 7.18. The van der Waals surface area contributed by atoms with E-state index in [4.69, 9.17) is 4.74 Å². The summed E-state index contributed by atoms with van der Waals surface area (Å²) in [4.78, 5) is 16.5. The summed E-state index contributed by atoms with van der Waals surface area (Å²) >= 11 is 0. The molecule has 20 heavy (non-hydrogen) atoms. The van der Waals surface area contributed by atoms with Gasteiger partial charge in [-0.3, -0.25) is 0 Å². The topological polar surface area (TPSA) is 68.5 Å². The number of hydrogen-bond donors (Lipinski definition) is 0. The molecule has 0 N–H and O–H groups in total. The average molecular weight is 275 g/mol. The van der Waals surface area contributed by atoms with Crippen molar-refractivity contribution in [3.63, 3.8) is 0 Å². The van der Waals surface area contributed by atoms with Crippen LogP contribution in [0.2, 0.25) is 0 Å². The van der Waals surface area contributed by atoms with Crippen LogP contribution in [-0.4, -0.2) is 40.5 Å². The van der Waals surface area contributed by atoms with Crippen LogP contribution in [0.4, 0.5) is 5.82 Å². The lowest BCUT2D eigenvalue weighted by Gasteiger charge is -2.55. The third-order valence-electron chi connectivity index (χ3n) is 4.88. The Morgan fingerprint density at radius 2 is 2.00 bits per heavy atom. The molecule has 3 aliphatic heterocycles. The number of hydrogen-bond acceptors (Lipinski definition) is 5. The highest BCUT2D eigenvalue weighted by Gasteiger charge is 2.48. The van der Waals surface area contributed by atoms with Crippen molar-refractivity contribution >= 4 is 5.82 Å². The highest BCUT2D eigenvalue weighted by molar-refractivity contribution is 5.27. The van der Waals surface area contributed by atoms with E-state index in [-0.39, 0.29) is 11.9 Å². The van der Waals surface area contributed by atoms with Crippen LogP contribution in [0, 0.1) is 27.9 Å². The summed E-state index contributed by atoms with van der Waals surface area (Å²) < 4.78 is 6.11. The molecule has 1 aliphatic carbocycles. The first-order chi connectivity index (χ1) is 9.69. The summed E-state index contributed by atoms with van der Waals surface area (Å²) in [6, 6.07) is 3.07. The third kappa shape index (κ3) is 1.95. The van der Waals surface area contributed by atoms with E-state index in [0.29, 0.717) is 17.6 Å². The van der Waals surface area contributed by atoms with E-state index in [1.54, 1.807) is 6.07 Å². The minimum Gasteiger partial charge on any atom is -0.486 e.